The number of Topliss-reactive ketones (excluding diaryl/α,β-unsaturated/α-hetero) is 1. The molecule has 3 rings (SSSR count). The summed E-state index contributed by atoms with van der Waals surface area (Å²) in [6, 6.07) is 12.3. The van der Waals surface area contributed by atoms with Crippen LogP contribution < -0.4 is 9.64 Å². The molecule has 1 atom stereocenters. The predicted octanol–water partition coefficient (Wildman–Crippen LogP) is 3.92. The summed E-state index contributed by atoms with van der Waals surface area (Å²) in [5.41, 5.74) is 0.352. The highest BCUT2D eigenvalue weighted by atomic mass is 16.5. The highest BCUT2D eigenvalue weighted by Gasteiger charge is 2.46. The topological polar surface area (TPSA) is 87.1 Å². The summed E-state index contributed by atoms with van der Waals surface area (Å²) in [6.07, 6.45) is 0. The van der Waals surface area contributed by atoms with Crippen LogP contribution in [0, 0.1) is 5.41 Å². The van der Waals surface area contributed by atoms with Crippen LogP contribution in [0.5, 0.6) is 11.5 Å². The van der Waals surface area contributed by atoms with Crippen LogP contribution in [0.4, 0.5) is 5.69 Å². The van der Waals surface area contributed by atoms with Crippen molar-refractivity contribution in [3.8, 4) is 11.5 Å². The van der Waals surface area contributed by atoms with Crippen molar-refractivity contribution in [2.75, 3.05) is 12.0 Å². The first kappa shape index (κ1) is 19.5. The monoisotopic (exact) mass is 381 g/mol. The van der Waals surface area contributed by atoms with Gasteiger partial charge in [-0.25, -0.2) is 0 Å². The lowest BCUT2D eigenvalue weighted by molar-refractivity contribution is -0.123. The molecule has 1 heterocycles. The second kappa shape index (κ2) is 7.03. The molecule has 1 amide bonds. The quantitative estimate of drug-likeness (QED) is 0.838. The maximum absolute atomic E-state index is 13.1. The molecule has 0 aliphatic carbocycles. The molecule has 146 valence electrons. The van der Waals surface area contributed by atoms with Crippen molar-refractivity contribution in [3.05, 3.63) is 65.4 Å². The standard InChI is InChI=1S/C22H23NO5/c1-22(2,3)20(26)17-18(13-8-10-15(24)11-9-13)23(21(27)19(17)25)14-6-5-7-16(12-14)28-4/h5-12,18,24-25H,1-4H3. The fraction of sp³-hybridized carbons (Fsp3) is 0.273. The Morgan fingerprint density at radius 1 is 1.07 bits per heavy atom. The number of rotatable bonds is 4. The van der Waals surface area contributed by atoms with E-state index >= 15 is 0 Å². The number of benzene rings is 2. The van der Waals surface area contributed by atoms with Gasteiger partial charge in [0.2, 0.25) is 0 Å². The van der Waals surface area contributed by atoms with Crippen LogP contribution in [0.1, 0.15) is 32.4 Å². The zero-order chi connectivity index (χ0) is 20.6. The van der Waals surface area contributed by atoms with E-state index in [-0.39, 0.29) is 17.1 Å². The average Bonchev–Trinajstić information content (AvgIpc) is 2.92. The average molecular weight is 381 g/mol. The number of hydrogen-bond donors (Lipinski definition) is 2. The third kappa shape index (κ3) is 3.33. The van der Waals surface area contributed by atoms with Gasteiger partial charge in [-0.05, 0) is 29.8 Å². The van der Waals surface area contributed by atoms with Gasteiger partial charge in [0.15, 0.2) is 11.5 Å². The van der Waals surface area contributed by atoms with Crippen LogP contribution in [0.25, 0.3) is 0 Å². The van der Waals surface area contributed by atoms with E-state index < -0.39 is 23.1 Å². The number of nitrogens with zero attached hydrogens (tertiary/aromatic N) is 1. The second-order valence-corrected chi connectivity index (χ2v) is 7.71. The smallest absolute Gasteiger partial charge is 0.294 e. The zero-order valence-corrected chi connectivity index (χ0v) is 16.3. The Balaban J connectivity index is 2.20. The van der Waals surface area contributed by atoms with Crippen molar-refractivity contribution in [2.45, 2.75) is 26.8 Å². The molecule has 6 heteroatoms. The van der Waals surface area contributed by atoms with Gasteiger partial charge in [-0.15, -0.1) is 0 Å². The number of anilines is 1. The third-order valence-electron chi connectivity index (χ3n) is 4.67. The van der Waals surface area contributed by atoms with Crippen LogP contribution in [0.2, 0.25) is 0 Å². The zero-order valence-electron chi connectivity index (χ0n) is 16.3. The highest BCUT2D eigenvalue weighted by Crippen LogP contribution is 2.44. The van der Waals surface area contributed by atoms with Gasteiger partial charge in [0.05, 0.1) is 18.7 Å². The molecule has 0 saturated heterocycles. The molecule has 2 aromatic rings. The van der Waals surface area contributed by atoms with Crippen LogP contribution in [0.3, 0.4) is 0 Å². The Bertz CT molecular complexity index is 954. The summed E-state index contributed by atoms with van der Waals surface area (Å²) in [4.78, 5) is 27.5. The molecule has 1 unspecified atom stereocenters. The number of methoxy groups -OCH3 is 1. The minimum absolute atomic E-state index is 0.0472. The first-order valence-electron chi connectivity index (χ1n) is 8.89. The van der Waals surface area contributed by atoms with Gasteiger partial charge in [0.1, 0.15) is 11.5 Å². The SMILES string of the molecule is COc1cccc(N2C(=O)C(O)=C(C(=O)C(C)(C)C)C2c2ccc(O)cc2)c1. The number of carbonyl (C=O) groups is 2. The van der Waals surface area contributed by atoms with Crippen LogP contribution in [-0.4, -0.2) is 29.0 Å². The molecule has 1 aliphatic heterocycles. The lowest BCUT2D eigenvalue weighted by atomic mass is 9.82. The molecule has 2 N–H and O–H groups in total. The van der Waals surface area contributed by atoms with Gasteiger partial charge in [0.25, 0.3) is 5.91 Å². The number of aromatic hydroxyl groups is 1. The molecule has 1 aliphatic rings. The van der Waals surface area contributed by atoms with E-state index in [0.29, 0.717) is 17.0 Å². The second-order valence-electron chi connectivity index (χ2n) is 7.71. The first-order valence-corrected chi connectivity index (χ1v) is 8.89. The van der Waals surface area contributed by atoms with Crippen molar-refractivity contribution >= 4 is 17.4 Å². The maximum Gasteiger partial charge on any atom is 0.294 e. The van der Waals surface area contributed by atoms with Crippen molar-refractivity contribution in [1.29, 1.82) is 0 Å². The Hall–Kier alpha value is -3.28. The van der Waals surface area contributed by atoms with Crippen LogP contribution >= 0.6 is 0 Å². The molecule has 0 saturated carbocycles. The Morgan fingerprint density at radius 2 is 1.71 bits per heavy atom. The molecule has 6 nitrogen and oxygen atoms in total. The Kier molecular flexibility index (Phi) is 4.89. The number of phenolic OH excluding ortho intramolecular Hbond substituents is 1. The Labute approximate surface area is 163 Å². The van der Waals surface area contributed by atoms with Gasteiger partial charge >= 0.3 is 0 Å². The molecular weight excluding hydrogens is 358 g/mol. The van der Waals surface area contributed by atoms with E-state index in [2.05, 4.69) is 0 Å². The number of aliphatic hydroxyl groups is 1. The van der Waals surface area contributed by atoms with E-state index in [1.807, 2.05) is 0 Å². The number of carbonyl (C=O) groups excluding carboxylic acids is 2. The fourth-order valence-corrected chi connectivity index (χ4v) is 3.24. The summed E-state index contributed by atoms with van der Waals surface area (Å²) in [5, 5.41) is 20.3. The van der Waals surface area contributed by atoms with Crippen LogP contribution in [-0.2, 0) is 9.59 Å². The van der Waals surface area contributed by atoms with E-state index in [1.165, 1.54) is 24.1 Å². The van der Waals surface area contributed by atoms with Crippen molar-refractivity contribution in [3.63, 3.8) is 0 Å². The van der Waals surface area contributed by atoms with Gasteiger partial charge in [-0.2, -0.15) is 0 Å². The van der Waals surface area contributed by atoms with E-state index in [4.69, 9.17) is 4.74 Å². The molecule has 0 bridgehead atoms. The number of ether oxygens (including phenoxy) is 1. The lowest BCUT2D eigenvalue weighted by Crippen LogP contribution is -2.32. The maximum atomic E-state index is 13.1. The minimum Gasteiger partial charge on any atom is -0.508 e. The normalized spacial score (nSPS) is 17.2. The molecule has 2 aromatic carbocycles. The Morgan fingerprint density at radius 3 is 2.29 bits per heavy atom. The summed E-state index contributed by atoms with van der Waals surface area (Å²) < 4.78 is 5.25. The first-order chi connectivity index (χ1) is 13.1. The molecular formula is C22H23NO5. The van der Waals surface area contributed by atoms with Crippen molar-refractivity contribution in [2.24, 2.45) is 5.41 Å². The van der Waals surface area contributed by atoms with Gasteiger partial charge in [0, 0.05) is 17.2 Å². The fourth-order valence-electron chi connectivity index (χ4n) is 3.24. The summed E-state index contributed by atoms with van der Waals surface area (Å²) >= 11 is 0. The summed E-state index contributed by atoms with van der Waals surface area (Å²) in [7, 11) is 1.52. The highest BCUT2D eigenvalue weighted by molar-refractivity contribution is 6.17. The van der Waals surface area contributed by atoms with Gasteiger partial charge in [-0.3, -0.25) is 14.5 Å². The van der Waals surface area contributed by atoms with Gasteiger partial charge < -0.3 is 14.9 Å². The number of amides is 1. The molecule has 0 fully saturated rings. The lowest BCUT2D eigenvalue weighted by Gasteiger charge is -2.29. The third-order valence-corrected chi connectivity index (χ3v) is 4.67. The summed E-state index contributed by atoms with van der Waals surface area (Å²) in [6.45, 7) is 5.21. The predicted molar refractivity (Wildman–Crippen MR) is 105 cm³/mol. The molecule has 0 spiro atoms. The molecule has 0 radical (unpaired) electrons. The number of hydrogen-bond acceptors (Lipinski definition) is 5. The van der Waals surface area contributed by atoms with Crippen LogP contribution in [0.15, 0.2) is 59.9 Å². The number of ketones is 1. The minimum atomic E-state index is -0.813. The number of aliphatic hydroxyl groups excluding tert-OH is 1. The van der Waals surface area contributed by atoms with E-state index in [0.717, 1.165) is 0 Å². The van der Waals surface area contributed by atoms with Gasteiger partial charge in [-0.1, -0.05) is 39.0 Å². The molecule has 0 aromatic heterocycles. The van der Waals surface area contributed by atoms with E-state index in [1.54, 1.807) is 57.2 Å². The van der Waals surface area contributed by atoms with Crippen molar-refractivity contribution < 1.29 is 24.5 Å². The largest absolute Gasteiger partial charge is 0.508 e. The summed E-state index contributed by atoms with van der Waals surface area (Å²) in [5.74, 6) is -0.913. The molecule has 28 heavy (non-hydrogen) atoms. The van der Waals surface area contributed by atoms with E-state index in [9.17, 15) is 19.8 Å². The van der Waals surface area contributed by atoms with Crippen molar-refractivity contribution in [1.82, 2.24) is 0 Å². The number of phenols is 1.